The van der Waals surface area contributed by atoms with Crippen LogP contribution in [-0.2, 0) is 11.3 Å². The minimum Gasteiger partial charge on any atom is -0.465 e. The number of furan rings is 1. The van der Waals surface area contributed by atoms with Crippen molar-refractivity contribution in [3.63, 3.8) is 0 Å². The molecule has 0 saturated carbocycles. The van der Waals surface area contributed by atoms with Gasteiger partial charge in [-0.05, 0) is 44.3 Å². The van der Waals surface area contributed by atoms with E-state index in [1.165, 1.54) is 0 Å². The van der Waals surface area contributed by atoms with Gasteiger partial charge in [-0.1, -0.05) is 6.07 Å². The number of hydrogen-bond acceptors (Lipinski definition) is 4. The summed E-state index contributed by atoms with van der Waals surface area (Å²) in [6, 6.07) is 11.1. The van der Waals surface area contributed by atoms with Crippen molar-refractivity contribution in [1.29, 1.82) is 0 Å². The lowest BCUT2D eigenvalue weighted by Crippen LogP contribution is -2.23. The molecular weight excluding hydrogens is 266 g/mol. The summed E-state index contributed by atoms with van der Waals surface area (Å²) >= 11 is 0. The molecule has 0 saturated heterocycles. The summed E-state index contributed by atoms with van der Waals surface area (Å²) in [6.07, 6.45) is 0.422. The average molecular weight is 287 g/mol. The van der Waals surface area contributed by atoms with E-state index in [1.54, 1.807) is 12.1 Å². The van der Waals surface area contributed by atoms with E-state index in [2.05, 4.69) is 10.2 Å². The van der Waals surface area contributed by atoms with Crippen molar-refractivity contribution in [2.45, 2.75) is 19.9 Å². The van der Waals surface area contributed by atoms with Gasteiger partial charge >= 0.3 is 0 Å². The quantitative estimate of drug-likeness (QED) is 0.801. The number of carbonyl (C=O) groups excluding carboxylic acids is 1. The second-order valence-electron chi connectivity index (χ2n) is 5.17. The first-order valence-corrected chi connectivity index (χ1v) is 6.92. The molecule has 5 heteroatoms. The van der Waals surface area contributed by atoms with Gasteiger partial charge in [-0.25, -0.2) is 0 Å². The molecule has 0 atom stereocenters. The number of nitrogen functional groups attached to an aromatic ring is 1. The van der Waals surface area contributed by atoms with Crippen LogP contribution in [0.1, 0.15) is 17.9 Å². The highest BCUT2D eigenvalue weighted by Crippen LogP contribution is 2.12. The first-order chi connectivity index (χ1) is 10.0. The van der Waals surface area contributed by atoms with E-state index in [-0.39, 0.29) is 5.91 Å². The average Bonchev–Trinajstić information content (AvgIpc) is 2.82. The Morgan fingerprint density at radius 3 is 2.81 bits per heavy atom. The lowest BCUT2D eigenvalue weighted by atomic mass is 10.2. The molecule has 0 fully saturated rings. The number of benzene rings is 1. The maximum atomic E-state index is 11.9. The van der Waals surface area contributed by atoms with Crippen molar-refractivity contribution in [2.75, 3.05) is 24.6 Å². The smallest absolute Gasteiger partial charge is 0.225 e. The standard InChI is InChI=1S/C16H21N3O2/c1-12-6-7-15(21-12)11-19(2)9-8-16(20)18-14-5-3-4-13(17)10-14/h3-7,10H,8-9,11,17H2,1-2H3,(H,18,20). The van der Waals surface area contributed by atoms with Crippen LogP contribution in [0.25, 0.3) is 0 Å². The van der Waals surface area contributed by atoms with Gasteiger partial charge in [0, 0.05) is 24.3 Å². The van der Waals surface area contributed by atoms with Crippen LogP contribution < -0.4 is 11.1 Å². The molecule has 0 aliphatic carbocycles. The molecule has 2 rings (SSSR count). The summed E-state index contributed by atoms with van der Waals surface area (Å²) in [5.41, 5.74) is 7.04. The lowest BCUT2D eigenvalue weighted by molar-refractivity contribution is -0.116. The van der Waals surface area contributed by atoms with Crippen LogP contribution in [0, 0.1) is 6.92 Å². The van der Waals surface area contributed by atoms with Crippen molar-refractivity contribution in [2.24, 2.45) is 0 Å². The monoisotopic (exact) mass is 287 g/mol. The van der Waals surface area contributed by atoms with Crippen molar-refractivity contribution < 1.29 is 9.21 Å². The second kappa shape index (κ2) is 6.95. The topological polar surface area (TPSA) is 71.5 Å². The number of nitrogens with two attached hydrogens (primary N) is 1. The minimum absolute atomic E-state index is 0.0249. The van der Waals surface area contributed by atoms with Crippen LogP contribution in [-0.4, -0.2) is 24.4 Å². The molecule has 0 radical (unpaired) electrons. The van der Waals surface area contributed by atoms with Crippen molar-refractivity contribution >= 4 is 17.3 Å². The Labute approximate surface area is 124 Å². The van der Waals surface area contributed by atoms with Gasteiger partial charge in [0.15, 0.2) is 0 Å². The fourth-order valence-electron chi connectivity index (χ4n) is 2.05. The predicted octanol–water partition coefficient (Wildman–Crippen LogP) is 2.63. The molecule has 21 heavy (non-hydrogen) atoms. The fourth-order valence-corrected chi connectivity index (χ4v) is 2.05. The largest absolute Gasteiger partial charge is 0.465 e. The summed E-state index contributed by atoms with van der Waals surface area (Å²) in [5, 5.41) is 2.84. The Morgan fingerprint density at radius 2 is 2.14 bits per heavy atom. The van der Waals surface area contributed by atoms with Crippen molar-refractivity contribution in [3.8, 4) is 0 Å². The van der Waals surface area contributed by atoms with Gasteiger partial charge in [0.25, 0.3) is 0 Å². The maximum absolute atomic E-state index is 11.9. The highest BCUT2D eigenvalue weighted by atomic mass is 16.3. The SMILES string of the molecule is Cc1ccc(CN(C)CCC(=O)Nc2cccc(N)c2)o1. The third kappa shape index (κ3) is 4.96. The molecule has 5 nitrogen and oxygen atoms in total. The molecule has 0 bridgehead atoms. The first kappa shape index (κ1) is 15.1. The Bertz CT molecular complexity index is 607. The zero-order valence-corrected chi connectivity index (χ0v) is 12.4. The van der Waals surface area contributed by atoms with Crippen LogP contribution in [0.3, 0.4) is 0 Å². The number of nitrogens with zero attached hydrogens (tertiary/aromatic N) is 1. The van der Waals surface area contributed by atoms with E-state index in [9.17, 15) is 4.79 Å². The van der Waals surface area contributed by atoms with Crippen LogP contribution in [0.15, 0.2) is 40.8 Å². The minimum atomic E-state index is -0.0249. The summed E-state index contributed by atoms with van der Waals surface area (Å²) in [7, 11) is 1.96. The highest BCUT2D eigenvalue weighted by Gasteiger charge is 2.07. The first-order valence-electron chi connectivity index (χ1n) is 6.92. The van der Waals surface area contributed by atoms with Gasteiger partial charge in [0.05, 0.1) is 6.54 Å². The van der Waals surface area contributed by atoms with Gasteiger partial charge in [-0.3, -0.25) is 9.69 Å². The molecule has 1 amide bonds. The number of rotatable bonds is 6. The Hall–Kier alpha value is -2.27. The Morgan fingerprint density at radius 1 is 1.33 bits per heavy atom. The molecular formula is C16H21N3O2. The number of aryl methyl sites for hydroxylation is 1. The number of hydrogen-bond donors (Lipinski definition) is 2. The molecule has 1 aromatic heterocycles. The van der Waals surface area contributed by atoms with E-state index < -0.39 is 0 Å². The van der Waals surface area contributed by atoms with Crippen LogP contribution in [0.5, 0.6) is 0 Å². The summed E-state index contributed by atoms with van der Waals surface area (Å²) in [6.45, 7) is 3.27. The van der Waals surface area contributed by atoms with Crippen molar-refractivity contribution in [1.82, 2.24) is 4.90 Å². The molecule has 0 aliphatic heterocycles. The van der Waals surface area contributed by atoms with Gasteiger partial charge in [-0.15, -0.1) is 0 Å². The van der Waals surface area contributed by atoms with Gasteiger partial charge < -0.3 is 15.5 Å². The predicted molar refractivity (Wildman–Crippen MR) is 83.9 cm³/mol. The second-order valence-corrected chi connectivity index (χ2v) is 5.17. The van der Waals surface area contributed by atoms with Gasteiger partial charge in [0.1, 0.15) is 11.5 Å². The zero-order chi connectivity index (χ0) is 15.2. The lowest BCUT2D eigenvalue weighted by Gasteiger charge is -2.14. The van der Waals surface area contributed by atoms with Crippen molar-refractivity contribution in [3.05, 3.63) is 47.9 Å². The van der Waals surface area contributed by atoms with Crippen LogP contribution in [0.2, 0.25) is 0 Å². The number of anilines is 2. The van der Waals surface area contributed by atoms with E-state index in [0.717, 1.165) is 17.2 Å². The summed E-state index contributed by atoms with van der Waals surface area (Å²) < 4.78 is 5.51. The molecule has 0 spiro atoms. The van der Waals surface area contributed by atoms with Crippen LogP contribution >= 0.6 is 0 Å². The number of carbonyl (C=O) groups is 1. The molecule has 0 unspecified atom stereocenters. The molecule has 0 aliphatic rings. The van der Waals surface area contributed by atoms with E-state index in [4.69, 9.17) is 10.2 Å². The molecule has 3 N–H and O–H groups in total. The summed E-state index contributed by atoms with van der Waals surface area (Å²) in [4.78, 5) is 13.9. The zero-order valence-electron chi connectivity index (χ0n) is 12.4. The van der Waals surface area contributed by atoms with E-state index in [0.29, 0.717) is 25.2 Å². The normalized spacial score (nSPS) is 10.8. The Kier molecular flexibility index (Phi) is 5.00. The van der Waals surface area contributed by atoms with E-state index in [1.807, 2.05) is 38.2 Å². The Balaban J connectivity index is 1.75. The van der Waals surface area contributed by atoms with Crippen LogP contribution in [0.4, 0.5) is 11.4 Å². The van der Waals surface area contributed by atoms with Gasteiger partial charge in [0.2, 0.25) is 5.91 Å². The molecule has 112 valence electrons. The fraction of sp³-hybridized carbons (Fsp3) is 0.312. The summed E-state index contributed by atoms with van der Waals surface area (Å²) in [5.74, 6) is 1.78. The third-order valence-corrected chi connectivity index (χ3v) is 3.11. The molecule has 2 aromatic rings. The van der Waals surface area contributed by atoms with Gasteiger partial charge in [-0.2, -0.15) is 0 Å². The number of nitrogens with one attached hydrogen (secondary N) is 1. The third-order valence-electron chi connectivity index (χ3n) is 3.11. The van der Waals surface area contributed by atoms with E-state index >= 15 is 0 Å². The highest BCUT2D eigenvalue weighted by molar-refractivity contribution is 5.91. The molecule has 1 heterocycles. The molecule has 1 aromatic carbocycles. The maximum Gasteiger partial charge on any atom is 0.225 e. The number of amides is 1.